The lowest BCUT2D eigenvalue weighted by Crippen LogP contribution is -2.39. The molecular formula is C13H16N2O8. The van der Waals surface area contributed by atoms with Crippen LogP contribution in [0.3, 0.4) is 0 Å². The molecule has 0 radical (unpaired) electrons. The van der Waals surface area contributed by atoms with Crippen LogP contribution in [0.1, 0.15) is 11.8 Å². The number of carbonyl (C=O) groups excluding carboxylic acids is 1. The Hall–Kier alpha value is -2.27. The van der Waals surface area contributed by atoms with Crippen molar-refractivity contribution < 1.29 is 29.6 Å². The first kappa shape index (κ1) is 17.1. The van der Waals surface area contributed by atoms with Gasteiger partial charge in [-0.3, -0.25) is 14.3 Å². The van der Waals surface area contributed by atoms with E-state index in [1.807, 2.05) is 4.98 Å². The Morgan fingerprint density at radius 3 is 2.61 bits per heavy atom. The molecule has 126 valence electrons. The van der Waals surface area contributed by atoms with Gasteiger partial charge in [0.05, 0.1) is 24.9 Å². The van der Waals surface area contributed by atoms with Gasteiger partial charge in [-0.15, -0.1) is 0 Å². The summed E-state index contributed by atoms with van der Waals surface area (Å²) in [5.41, 5.74) is -2.34. The third-order valence-corrected chi connectivity index (χ3v) is 3.52. The summed E-state index contributed by atoms with van der Waals surface area (Å²) in [7, 11) is 1.10. The van der Waals surface area contributed by atoms with E-state index in [1.165, 1.54) is 0 Å². The number of H-pyrrole nitrogens is 1. The number of nitrogens with zero attached hydrogens (tertiary/aromatic N) is 1. The Balaban J connectivity index is 2.48. The van der Waals surface area contributed by atoms with Crippen molar-refractivity contribution in [3.63, 3.8) is 0 Å². The second-order valence-corrected chi connectivity index (χ2v) is 4.91. The summed E-state index contributed by atoms with van der Waals surface area (Å²) in [6.07, 6.45) is -4.41. The van der Waals surface area contributed by atoms with Gasteiger partial charge in [0, 0.05) is 6.20 Å². The molecule has 0 spiro atoms. The van der Waals surface area contributed by atoms with E-state index >= 15 is 0 Å². The minimum Gasteiger partial charge on any atom is -0.465 e. The van der Waals surface area contributed by atoms with Crippen LogP contribution in [-0.2, 0) is 14.3 Å². The molecule has 2 heterocycles. The van der Waals surface area contributed by atoms with Crippen LogP contribution in [0.4, 0.5) is 0 Å². The largest absolute Gasteiger partial charge is 0.465 e. The number of rotatable bonds is 4. The number of ether oxygens (including phenoxy) is 2. The molecule has 1 aliphatic heterocycles. The van der Waals surface area contributed by atoms with Crippen LogP contribution in [0.2, 0.25) is 0 Å². The fourth-order valence-corrected chi connectivity index (χ4v) is 2.23. The average Bonchev–Trinajstić information content (AvgIpc) is 2.81. The molecule has 23 heavy (non-hydrogen) atoms. The highest BCUT2D eigenvalue weighted by atomic mass is 16.6. The number of methoxy groups -OCH3 is 1. The molecule has 0 aromatic carbocycles. The van der Waals surface area contributed by atoms with Gasteiger partial charge < -0.3 is 24.8 Å². The molecule has 1 aromatic rings. The lowest BCUT2D eigenvalue weighted by atomic mass is 10.1. The molecule has 0 bridgehead atoms. The van der Waals surface area contributed by atoms with Crippen LogP contribution in [0.25, 0.3) is 5.57 Å². The van der Waals surface area contributed by atoms with E-state index in [1.54, 1.807) is 0 Å². The first-order valence-corrected chi connectivity index (χ1v) is 6.57. The second kappa shape index (κ2) is 6.46. The number of aliphatic hydroxyl groups excluding tert-OH is 3. The molecular weight excluding hydrogens is 312 g/mol. The zero-order valence-electron chi connectivity index (χ0n) is 12.1. The maximum atomic E-state index is 11.9. The normalized spacial score (nSPS) is 27.0. The van der Waals surface area contributed by atoms with Crippen molar-refractivity contribution in [1.29, 1.82) is 0 Å². The van der Waals surface area contributed by atoms with Crippen LogP contribution in [-0.4, -0.2) is 62.9 Å². The van der Waals surface area contributed by atoms with Gasteiger partial charge >= 0.3 is 11.7 Å². The van der Waals surface area contributed by atoms with Crippen LogP contribution in [0.15, 0.2) is 22.4 Å². The van der Waals surface area contributed by atoms with Crippen molar-refractivity contribution in [3.05, 3.63) is 39.2 Å². The zero-order chi connectivity index (χ0) is 17.3. The number of nitrogens with one attached hydrogen (secondary N) is 1. The van der Waals surface area contributed by atoms with Crippen LogP contribution >= 0.6 is 0 Å². The SMILES string of the molecule is C=C(C(=O)OC)c1cn([C@@H]2O[C@H](CO)[C@@H](O)[C@H]2O)c(=O)[nH]c1=O. The number of aromatic amines is 1. The number of hydrogen-bond acceptors (Lipinski definition) is 8. The van der Waals surface area contributed by atoms with Crippen LogP contribution < -0.4 is 11.2 Å². The topological polar surface area (TPSA) is 151 Å². The van der Waals surface area contributed by atoms with Crippen molar-refractivity contribution in [2.24, 2.45) is 0 Å². The fraction of sp³-hybridized carbons (Fsp3) is 0.462. The Kier molecular flexibility index (Phi) is 4.80. The highest BCUT2D eigenvalue weighted by Gasteiger charge is 2.43. The van der Waals surface area contributed by atoms with Gasteiger partial charge in [-0.2, -0.15) is 0 Å². The number of esters is 1. The van der Waals surface area contributed by atoms with Gasteiger partial charge in [-0.1, -0.05) is 6.58 Å². The Morgan fingerprint density at radius 1 is 1.43 bits per heavy atom. The molecule has 1 saturated heterocycles. The monoisotopic (exact) mass is 328 g/mol. The highest BCUT2D eigenvalue weighted by molar-refractivity contribution is 6.15. The average molecular weight is 328 g/mol. The van der Waals surface area contributed by atoms with E-state index in [-0.39, 0.29) is 11.1 Å². The zero-order valence-corrected chi connectivity index (χ0v) is 12.1. The van der Waals surface area contributed by atoms with Gasteiger partial charge in [-0.25, -0.2) is 9.59 Å². The number of carbonyl (C=O) groups is 1. The predicted molar refractivity (Wildman–Crippen MR) is 75.4 cm³/mol. The van der Waals surface area contributed by atoms with Crippen molar-refractivity contribution in [3.8, 4) is 0 Å². The van der Waals surface area contributed by atoms with E-state index in [4.69, 9.17) is 9.84 Å². The Morgan fingerprint density at radius 2 is 2.09 bits per heavy atom. The molecule has 2 rings (SSSR count). The van der Waals surface area contributed by atoms with Gasteiger partial charge in [0.2, 0.25) is 0 Å². The van der Waals surface area contributed by atoms with E-state index in [9.17, 15) is 24.6 Å². The minimum atomic E-state index is -1.52. The molecule has 1 aromatic heterocycles. The van der Waals surface area contributed by atoms with Crippen LogP contribution in [0.5, 0.6) is 0 Å². The third-order valence-electron chi connectivity index (χ3n) is 3.52. The summed E-state index contributed by atoms with van der Waals surface area (Å²) in [6, 6.07) is 0. The third kappa shape index (κ3) is 2.97. The molecule has 0 aliphatic carbocycles. The van der Waals surface area contributed by atoms with E-state index in [0.29, 0.717) is 0 Å². The summed E-state index contributed by atoms with van der Waals surface area (Å²) >= 11 is 0. The summed E-state index contributed by atoms with van der Waals surface area (Å²) in [5, 5.41) is 28.7. The second-order valence-electron chi connectivity index (χ2n) is 4.91. The molecule has 1 fully saturated rings. The standard InChI is InChI=1S/C13H16N2O8/c1-5(12(20)22-2)6-3-15(13(21)14-10(6)19)11-9(18)8(17)7(4-16)23-11/h3,7-9,11,16-18H,1,4H2,2H3,(H,14,19,21)/t7-,8-,9-,11-/m1/s1. The number of hydrogen-bond donors (Lipinski definition) is 4. The van der Waals surface area contributed by atoms with Crippen molar-refractivity contribution in [2.45, 2.75) is 24.5 Å². The lowest BCUT2D eigenvalue weighted by Gasteiger charge is -2.18. The predicted octanol–water partition coefficient (Wildman–Crippen LogP) is -2.67. The van der Waals surface area contributed by atoms with Gasteiger partial charge in [0.1, 0.15) is 18.3 Å². The number of aromatic nitrogens is 2. The van der Waals surface area contributed by atoms with Crippen molar-refractivity contribution >= 4 is 11.5 Å². The summed E-state index contributed by atoms with van der Waals surface area (Å²) in [5.74, 6) is -0.873. The molecule has 1 aliphatic rings. The Labute approximate surface area is 129 Å². The van der Waals surface area contributed by atoms with Crippen LogP contribution in [0, 0.1) is 0 Å². The maximum Gasteiger partial charge on any atom is 0.338 e. The first-order valence-electron chi connectivity index (χ1n) is 6.57. The molecule has 0 amide bonds. The molecule has 10 nitrogen and oxygen atoms in total. The van der Waals surface area contributed by atoms with E-state index in [2.05, 4.69) is 11.3 Å². The fourth-order valence-electron chi connectivity index (χ4n) is 2.23. The smallest absolute Gasteiger partial charge is 0.338 e. The van der Waals surface area contributed by atoms with E-state index < -0.39 is 48.4 Å². The minimum absolute atomic E-state index is 0.255. The van der Waals surface area contributed by atoms with Crippen molar-refractivity contribution in [2.75, 3.05) is 13.7 Å². The van der Waals surface area contributed by atoms with E-state index in [0.717, 1.165) is 17.9 Å². The lowest BCUT2D eigenvalue weighted by molar-refractivity contribution is -0.133. The summed E-state index contributed by atoms with van der Waals surface area (Å²) in [6.45, 7) is 2.84. The Bertz CT molecular complexity index is 736. The highest BCUT2D eigenvalue weighted by Crippen LogP contribution is 2.28. The molecule has 4 N–H and O–H groups in total. The molecule has 4 atom stereocenters. The van der Waals surface area contributed by atoms with Gasteiger partial charge in [-0.05, 0) is 0 Å². The molecule has 0 saturated carbocycles. The quantitative estimate of drug-likeness (QED) is 0.345. The summed E-state index contributed by atoms with van der Waals surface area (Å²) in [4.78, 5) is 37.2. The summed E-state index contributed by atoms with van der Waals surface area (Å²) < 4.78 is 10.5. The molecule has 0 unspecified atom stereocenters. The maximum absolute atomic E-state index is 11.9. The van der Waals surface area contributed by atoms with Crippen molar-refractivity contribution in [1.82, 2.24) is 9.55 Å². The first-order chi connectivity index (χ1) is 10.8. The molecule has 10 heteroatoms. The van der Waals surface area contributed by atoms with Gasteiger partial charge in [0.25, 0.3) is 5.56 Å². The number of aliphatic hydroxyl groups is 3. The van der Waals surface area contributed by atoms with Gasteiger partial charge in [0.15, 0.2) is 6.23 Å².